The first-order valence-corrected chi connectivity index (χ1v) is 8.81. The van der Waals surface area contributed by atoms with Crippen LogP contribution in [0.4, 0.5) is 32.0 Å². The molecule has 3 rings (SSSR count). The van der Waals surface area contributed by atoms with E-state index in [0.29, 0.717) is 10.7 Å². The van der Waals surface area contributed by atoms with E-state index in [4.69, 9.17) is 16.3 Å². The Morgan fingerprint density at radius 3 is 2.35 bits per heavy atom. The number of aryl methyl sites for hydroxylation is 1. The minimum atomic E-state index is -4.56. The summed E-state index contributed by atoms with van der Waals surface area (Å²) in [5.74, 6) is -2.21. The predicted molar refractivity (Wildman–Crippen MR) is 99.0 cm³/mol. The lowest BCUT2D eigenvalue weighted by Crippen LogP contribution is -2.15. The quantitative estimate of drug-likeness (QED) is 0.457. The zero-order valence-corrected chi connectivity index (χ0v) is 16.2. The SMILES string of the molecule is Cn1nc(C(F)F)c(C(=O)Nc2ccc(Oc3ccc(C(F)(F)F)cc3Cl)cc2)c1F. The van der Waals surface area contributed by atoms with Crippen LogP contribution in [0.2, 0.25) is 5.02 Å². The van der Waals surface area contributed by atoms with E-state index in [1.165, 1.54) is 24.3 Å². The van der Waals surface area contributed by atoms with Crippen LogP contribution in [-0.2, 0) is 13.2 Å². The lowest BCUT2D eigenvalue weighted by atomic mass is 10.2. The molecular formula is C19H12ClF6N3O2. The summed E-state index contributed by atoms with van der Waals surface area (Å²) in [4.78, 5) is 12.2. The lowest BCUT2D eigenvalue weighted by molar-refractivity contribution is -0.137. The van der Waals surface area contributed by atoms with E-state index in [2.05, 4.69) is 10.4 Å². The predicted octanol–water partition coefficient (Wildman–Crippen LogP) is 6.21. The molecule has 0 spiro atoms. The molecule has 1 aromatic heterocycles. The summed E-state index contributed by atoms with van der Waals surface area (Å²) in [5.41, 5.74) is -2.68. The third kappa shape index (κ3) is 4.93. The van der Waals surface area contributed by atoms with Crippen molar-refractivity contribution in [2.75, 3.05) is 5.32 Å². The number of anilines is 1. The van der Waals surface area contributed by atoms with Crippen molar-refractivity contribution in [2.45, 2.75) is 12.6 Å². The van der Waals surface area contributed by atoms with E-state index in [1.807, 2.05) is 0 Å². The molecule has 0 fully saturated rings. The van der Waals surface area contributed by atoms with Gasteiger partial charge in [0.2, 0.25) is 5.95 Å². The fraction of sp³-hybridized carbons (Fsp3) is 0.158. The number of aromatic nitrogens is 2. The van der Waals surface area contributed by atoms with Crippen LogP contribution >= 0.6 is 11.6 Å². The molecular weight excluding hydrogens is 452 g/mol. The number of amides is 1. The molecule has 0 aliphatic carbocycles. The van der Waals surface area contributed by atoms with Gasteiger partial charge in [-0.3, -0.25) is 4.79 Å². The number of rotatable bonds is 5. The van der Waals surface area contributed by atoms with Crippen LogP contribution in [0.15, 0.2) is 42.5 Å². The van der Waals surface area contributed by atoms with Crippen molar-refractivity contribution in [1.82, 2.24) is 9.78 Å². The topological polar surface area (TPSA) is 56.2 Å². The van der Waals surface area contributed by atoms with Crippen LogP contribution in [0.5, 0.6) is 11.5 Å². The van der Waals surface area contributed by atoms with Crippen molar-refractivity contribution in [3.63, 3.8) is 0 Å². The van der Waals surface area contributed by atoms with Gasteiger partial charge in [-0.05, 0) is 42.5 Å². The molecule has 12 heteroatoms. The van der Waals surface area contributed by atoms with Crippen molar-refractivity contribution in [2.24, 2.45) is 7.05 Å². The smallest absolute Gasteiger partial charge is 0.416 e. The maximum absolute atomic E-state index is 14.0. The van der Waals surface area contributed by atoms with Gasteiger partial charge < -0.3 is 10.1 Å². The summed E-state index contributed by atoms with van der Waals surface area (Å²) in [5, 5.41) is 5.29. The molecule has 0 aliphatic heterocycles. The number of halogens is 7. The normalized spacial score (nSPS) is 11.6. The molecule has 164 valence electrons. The first-order chi connectivity index (χ1) is 14.5. The van der Waals surface area contributed by atoms with E-state index in [0.717, 1.165) is 19.2 Å². The highest BCUT2D eigenvalue weighted by Crippen LogP contribution is 2.36. The fourth-order valence-electron chi connectivity index (χ4n) is 2.57. The maximum Gasteiger partial charge on any atom is 0.416 e. The second-order valence-electron chi connectivity index (χ2n) is 6.20. The Kier molecular flexibility index (Phi) is 6.16. The Morgan fingerprint density at radius 2 is 1.81 bits per heavy atom. The highest BCUT2D eigenvalue weighted by Gasteiger charge is 2.31. The molecule has 1 heterocycles. The van der Waals surface area contributed by atoms with E-state index in [-0.39, 0.29) is 22.2 Å². The number of hydrogen-bond acceptors (Lipinski definition) is 3. The minimum absolute atomic E-state index is 0.0366. The van der Waals surface area contributed by atoms with Crippen molar-refractivity contribution >= 4 is 23.2 Å². The van der Waals surface area contributed by atoms with Gasteiger partial charge in [0.15, 0.2) is 0 Å². The van der Waals surface area contributed by atoms with Crippen LogP contribution in [-0.4, -0.2) is 15.7 Å². The maximum atomic E-state index is 14.0. The zero-order chi connectivity index (χ0) is 22.9. The molecule has 2 aromatic carbocycles. The molecule has 0 bridgehead atoms. The molecule has 0 radical (unpaired) electrons. The number of nitrogens with one attached hydrogen (secondary N) is 1. The molecule has 0 saturated carbocycles. The van der Waals surface area contributed by atoms with Crippen molar-refractivity contribution < 1.29 is 35.9 Å². The highest BCUT2D eigenvalue weighted by molar-refractivity contribution is 6.32. The summed E-state index contributed by atoms with van der Waals surface area (Å²) in [6.45, 7) is 0. The highest BCUT2D eigenvalue weighted by atomic mass is 35.5. The Bertz CT molecular complexity index is 1110. The number of carbonyl (C=O) groups excluding carboxylic acids is 1. The van der Waals surface area contributed by atoms with Crippen LogP contribution in [0, 0.1) is 5.95 Å². The molecule has 0 unspecified atom stereocenters. The van der Waals surface area contributed by atoms with Gasteiger partial charge in [0.05, 0.1) is 10.6 Å². The number of ether oxygens (including phenoxy) is 1. The average Bonchev–Trinajstić information content (AvgIpc) is 2.99. The largest absolute Gasteiger partial charge is 0.456 e. The van der Waals surface area contributed by atoms with Gasteiger partial charge in [0, 0.05) is 12.7 Å². The molecule has 1 N–H and O–H groups in total. The number of benzene rings is 2. The first kappa shape index (κ1) is 22.5. The minimum Gasteiger partial charge on any atom is -0.456 e. The van der Waals surface area contributed by atoms with Gasteiger partial charge in [-0.2, -0.15) is 22.7 Å². The Morgan fingerprint density at radius 1 is 1.16 bits per heavy atom. The van der Waals surface area contributed by atoms with Crippen LogP contribution < -0.4 is 10.1 Å². The van der Waals surface area contributed by atoms with Gasteiger partial charge in [-0.15, -0.1) is 0 Å². The number of carbonyl (C=O) groups is 1. The van der Waals surface area contributed by atoms with Crippen molar-refractivity contribution in [1.29, 1.82) is 0 Å². The fourth-order valence-corrected chi connectivity index (χ4v) is 2.79. The standard InChI is InChI=1S/C19H12ClF6N3O2/c1-29-17(23)14(15(28-29)16(21)22)18(30)27-10-3-5-11(6-4-10)31-13-7-2-9(8-12(13)20)19(24,25)26/h2-8,16H,1H3,(H,27,30). The van der Waals surface area contributed by atoms with E-state index < -0.39 is 41.3 Å². The first-order valence-electron chi connectivity index (χ1n) is 8.44. The molecule has 5 nitrogen and oxygen atoms in total. The van der Waals surface area contributed by atoms with Crippen LogP contribution in [0.25, 0.3) is 0 Å². The zero-order valence-electron chi connectivity index (χ0n) is 15.5. The molecule has 0 atom stereocenters. The Balaban J connectivity index is 1.74. The summed E-state index contributed by atoms with van der Waals surface area (Å²) in [6.07, 6.45) is -7.71. The molecule has 0 saturated heterocycles. The van der Waals surface area contributed by atoms with Gasteiger partial charge in [-0.25, -0.2) is 13.5 Å². The molecule has 1 amide bonds. The van der Waals surface area contributed by atoms with Gasteiger partial charge in [-0.1, -0.05) is 11.6 Å². The third-order valence-corrected chi connectivity index (χ3v) is 4.33. The van der Waals surface area contributed by atoms with E-state index in [9.17, 15) is 31.1 Å². The van der Waals surface area contributed by atoms with Gasteiger partial charge >= 0.3 is 6.18 Å². The Hall–Kier alpha value is -3.21. The summed E-state index contributed by atoms with van der Waals surface area (Å²) in [7, 11) is 1.08. The summed E-state index contributed by atoms with van der Waals surface area (Å²) in [6, 6.07) is 7.91. The summed E-state index contributed by atoms with van der Waals surface area (Å²) < 4.78 is 84.0. The summed E-state index contributed by atoms with van der Waals surface area (Å²) >= 11 is 5.82. The van der Waals surface area contributed by atoms with E-state index in [1.54, 1.807) is 0 Å². The lowest BCUT2D eigenvalue weighted by Gasteiger charge is -2.12. The van der Waals surface area contributed by atoms with Crippen molar-refractivity contribution in [3.8, 4) is 11.5 Å². The molecule has 31 heavy (non-hydrogen) atoms. The molecule has 3 aromatic rings. The van der Waals surface area contributed by atoms with Crippen molar-refractivity contribution in [3.05, 3.63) is 70.3 Å². The number of nitrogens with zero attached hydrogens (tertiary/aromatic N) is 2. The Labute approximate surface area is 176 Å². The second kappa shape index (κ2) is 8.50. The van der Waals surface area contributed by atoms with Crippen LogP contribution in [0.3, 0.4) is 0 Å². The third-order valence-electron chi connectivity index (χ3n) is 4.04. The average molecular weight is 464 g/mol. The number of alkyl halides is 5. The second-order valence-corrected chi connectivity index (χ2v) is 6.61. The molecule has 0 aliphatic rings. The van der Waals surface area contributed by atoms with Crippen LogP contribution in [0.1, 0.15) is 28.0 Å². The van der Waals surface area contributed by atoms with Gasteiger partial charge in [0.1, 0.15) is 22.8 Å². The number of hydrogen-bond donors (Lipinski definition) is 1. The monoisotopic (exact) mass is 463 g/mol. The van der Waals surface area contributed by atoms with Gasteiger partial charge in [0.25, 0.3) is 12.3 Å². The van der Waals surface area contributed by atoms with E-state index >= 15 is 0 Å².